The van der Waals surface area contributed by atoms with Crippen LogP contribution in [0.15, 0.2) is 103 Å². The van der Waals surface area contributed by atoms with Crippen molar-refractivity contribution >= 4 is 38.9 Å². The summed E-state index contributed by atoms with van der Waals surface area (Å²) in [6.45, 7) is 6.22. The molecular weight excluding hydrogens is 600 g/mol. The molecule has 3 N–H and O–H groups in total. The first-order valence-electron chi connectivity index (χ1n) is 14.8. The van der Waals surface area contributed by atoms with Gasteiger partial charge in [-0.3, -0.25) is 4.79 Å². The summed E-state index contributed by atoms with van der Waals surface area (Å²) in [5.74, 6) is 1.76. The summed E-state index contributed by atoms with van der Waals surface area (Å²) in [6.07, 6.45) is 12.0. The normalized spacial score (nSPS) is 15.3. The zero-order valence-corrected chi connectivity index (χ0v) is 26.3. The highest BCUT2D eigenvalue weighted by molar-refractivity contribution is 9.09. The first kappa shape index (κ1) is 30.3. The molecule has 1 amide bonds. The number of anilines is 2. The van der Waals surface area contributed by atoms with Crippen LogP contribution >= 0.6 is 15.9 Å². The number of rotatable bonds is 12. The monoisotopic (exact) mass is 638 g/mol. The first-order chi connectivity index (χ1) is 20.9. The maximum atomic E-state index is 14.2. The number of alkyl halides is 1. The largest absolute Gasteiger partial charge is 0.397 e. The van der Waals surface area contributed by atoms with Crippen LogP contribution in [0, 0.1) is 5.92 Å². The van der Waals surface area contributed by atoms with Gasteiger partial charge in [-0.05, 0) is 54.2 Å². The number of benzene rings is 2. The topological polar surface area (TPSA) is 89.1 Å². The van der Waals surface area contributed by atoms with E-state index in [1.807, 2.05) is 53.4 Å². The number of amides is 1. The Balaban J connectivity index is 1.50. The van der Waals surface area contributed by atoms with Gasteiger partial charge in [0.05, 0.1) is 23.6 Å². The average Bonchev–Trinajstić information content (AvgIpc) is 3.42. The highest BCUT2D eigenvalue weighted by Gasteiger charge is 2.32. The third-order valence-corrected chi connectivity index (χ3v) is 8.14. The lowest BCUT2D eigenvalue weighted by atomic mass is 9.99. The van der Waals surface area contributed by atoms with Crippen LogP contribution in [0.25, 0.3) is 5.57 Å². The zero-order chi connectivity index (χ0) is 30.2. The van der Waals surface area contributed by atoms with Crippen molar-refractivity contribution in [2.45, 2.75) is 44.1 Å². The number of aromatic nitrogens is 3. The van der Waals surface area contributed by atoms with E-state index >= 15 is 0 Å². The molecule has 1 aliphatic rings. The highest BCUT2D eigenvalue weighted by atomic mass is 79.9. The molecule has 0 bridgehead atoms. The number of nitrogens with zero attached hydrogens (tertiary/aromatic N) is 4. The summed E-state index contributed by atoms with van der Waals surface area (Å²) in [4.78, 5) is 26.1. The van der Waals surface area contributed by atoms with Crippen LogP contribution in [0.2, 0.25) is 0 Å². The van der Waals surface area contributed by atoms with Crippen molar-refractivity contribution in [2.24, 2.45) is 5.92 Å². The van der Waals surface area contributed by atoms with Gasteiger partial charge in [0.1, 0.15) is 11.6 Å². The minimum Gasteiger partial charge on any atom is -0.397 e. The lowest BCUT2D eigenvalue weighted by Crippen LogP contribution is -2.40. The Morgan fingerprint density at radius 3 is 2.51 bits per heavy atom. The summed E-state index contributed by atoms with van der Waals surface area (Å²) < 4.78 is 2.23. The van der Waals surface area contributed by atoms with Crippen molar-refractivity contribution in [3.63, 3.8) is 0 Å². The maximum Gasteiger partial charge on any atom is 0.254 e. The van der Waals surface area contributed by atoms with Crippen LogP contribution in [-0.2, 0) is 6.54 Å². The Hall–Kier alpha value is -4.17. The average molecular weight is 640 g/mol. The van der Waals surface area contributed by atoms with Gasteiger partial charge in [0, 0.05) is 36.2 Å². The summed E-state index contributed by atoms with van der Waals surface area (Å²) in [5, 5.41) is 3.36. The molecule has 43 heavy (non-hydrogen) atoms. The molecule has 1 aliphatic carbocycles. The number of allylic oxidation sites excluding steroid dienone is 4. The van der Waals surface area contributed by atoms with E-state index in [9.17, 15) is 4.79 Å². The molecule has 4 aromatic rings. The van der Waals surface area contributed by atoms with E-state index in [0.29, 0.717) is 30.9 Å². The Morgan fingerprint density at radius 1 is 1.09 bits per heavy atom. The molecule has 2 aromatic heterocycles. The number of halogens is 1. The molecule has 5 rings (SSSR count). The van der Waals surface area contributed by atoms with Gasteiger partial charge in [0.15, 0.2) is 0 Å². The molecule has 0 radical (unpaired) electrons. The number of nitrogens with one attached hydrogen (secondary N) is 1. The number of nitrogen functional groups attached to an aromatic ring is 1. The molecule has 2 aromatic carbocycles. The Labute approximate surface area is 262 Å². The van der Waals surface area contributed by atoms with Crippen molar-refractivity contribution in [3.8, 4) is 0 Å². The zero-order valence-electron chi connectivity index (χ0n) is 24.7. The number of carbonyl (C=O) groups excluding carboxylic acids is 1. The fourth-order valence-electron chi connectivity index (χ4n) is 5.41. The first-order valence-corrected chi connectivity index (χ1v) is 15.8. The quantitative estimate of drug-likeness (QED) is 0.125. The van der Waals surface area contributed by atoms with Crippen molar-refractivity contribution in [2.75, 3.05) is 24.1 Å². The van der Waals surface area contributed by atoms with E-state index in [4.69, 9.17) is 10.7 Å². The van der Waals surface area contributed by atoms with Crippen LogP contribution < -0.4 is 11.1 Å². The number of pyridine rings is 1. The molecule has 0 saturated carbocycles. The van der Waals surface area contributed by atoms with Gasteiger partial charge < -0.3 is 20.5 Å². The van der Waals surface area contributed by atoms with E-state index < -0.39 is 0 Å². The second-order valence-corrected chi connectivity index (χ2v) is 12.4. The Bertz CT molecular complexity index is 1550. The fraction of sp³-hybridized carbons (Fsp3) is 0.286. The van der Waals surface area contributed by atoms with Crippen LogP contribution in [-0.4, -0.2) is 43.3 Å². The van der Waals surface area contributed by atoms with Crippen LogP contribution in [0.1, 0.15) is 60.2 Å². The van der Waals surface area contributed by atoms with Crippen molar-refractivity contribution in [3.05, 3.63) is 126 Å². The summed E-state index contributed by atoms with van der Waals surface area (Å²) >= 11 is 3.75. The van der Waals surface area contributed by atoms with Crippen molar-refractivity contribution in [1.82, 2.24) is 19.4 Å². The third kappa shape index (κ3) is 7.82. The Kier molecular flexibility index (Phi) is 10.1. The van der Waals surface area contributed by atoms with E-state index in [1.165, 1.54) is 5.56 Å². The molecule has 8 heteroatoms. The summed E-state index contributed by atoms with van der Waals surface area (Å²) in [7, 11) is 0. The number of hydrogen-bond acceptors (Lipinski definition) is 5. The molecule has 0 spiro atoms. The second-order valence-electron chi connectivity index (χ2n) is 11.2. The van der Waals surface area contributed by atoms with E-state index in [-0.39, 0.29) is 22.7 Å². The molecule has 2 heterocycles. The predicted octanol–water partition coefficient (Wildman–Crippen LogP) is 7.36. The van der Waals surface area contributed by atoms with Crippen LogP contribution in [0.3, 0.4) is 0 Å². The maximum absolute atomic E-state index is 14.2. The molecular formula is C35H39BrN6O. The number of hydrogen-bond donors (Lipinski definition) is 2. The van der Waals surface area contributed by atoms with Gasteiger partial charge in [0.25, 0.3) is 5.91 Å². The van der Waals surface area contributed by atoms with Gasteiger partial charge in [-0.15, -0.1) is 0 Å². The predicted molar refractivity (Wildman–Crippen MR) is 179 cm³/mol. The van der Waals surface area contributed by atoms with E-state index in [2.05, 4.69) is 93.3 Å². The molecule has 2 atom stereocenters. The van der Waals surface area contributed by atoms with Crippen molar-refractivity contribution in [1.29, 1.82) is 0 Å². The minimum atomic E-state index is -0.243. The molecule has 0 fully saturated rings. The molecule has 0 saturated heterocycles. The van der Waals surface area contributed by atoms with Gasteiger partial charge in [-0.1, -0.05) is 96.5 Å². The summed E-state index contributed by atoms with van der Waals surface area (Å²) in [5.41, 5.74) is 10.3. The summed E-state index contributed by atoms with van der Waals surface area (Å²) in [6, 6.07) is 23.4. The minimum absolute atomic E-state index is 0.00183. The molecule has 222 valence electrons. The van der Waals surface area contributed by atoms with E-state index in [1.54, 1.807) is 6.20 Å². The highest BCUT2D eigenvalue weighted by Crippen LogP contribution is 2.33. The van der Waals surface area contributed by atoms with Gasteiger partial charge in [-0.2, -0.15) is 0 Å². The van der Waals surface area contributed by atoms with Gasteiger partial charge >= 0.3 is 0 Å². The standard InChI is InChI=1S/C35H39BrN6O/c1-25(2)33(34-40-31(28-15-9-16-29(36)21-28)24-41(34)23-26-11-5-3-6-12-26)42(35(43)27-13-7-4-8-14-27)20-10-19-38-32-18-17-30(37)22-39-32/h3-9,11-15,17-18,21-22,24-25,29,33H,10,16,19-20,23,37H2,1-2H3,(H,38,39)/t29?,33-/m1/s1. The Morgan fingerprint density at radius 2 is 1.84 bits per heavy atom. The number of nitrogens with two attached hydrogens (primary N) is 1. The smallest absolute Gasteiger partial charge is 0.254 e. The lowest BCUT2D eigenvalue weighted by Gasteiger charge is -2.35. The van der Waals surface area contributed by atoms with Crippen LogP contribution in [0.5, 0.6) is 0 Å². The second kappa shape index (κ2) is 14.3. The lowest BCUT2D eigenvalue weighted by molar-refractivity contribution is 0.0605. The SMILES string of the molecule is CC(C)[C@H](c1nc(C2=CC(Br)CC=C2)cn1Cc1ccccc1)N(CCCNc1ccc(N)cn1)C(=O)c1ccccc1. The number of carbonyl (C=O) groups is 1. The molecule has 0 aliphatic heterocycles. The molecule has 7 nitrogen and oxygen atoms in total. The fourth-order valence-corrected chi connectivity index (χ4v) is 5.91. The van der Waals surface area contributed by atoms with Gasteiger partial charge in [-0.25, -0.2) is 9.97 Å². The third-order valence-electron chi connectivity index (χ3n) is 7.50. The number of imidazole rings is 1. The van der Waals surface area contributed by atoms with Crippen LogP contribution in [0.4, 0.5) is 11.5 Å². The molecule has 1 unspecified atom stereocenters. The van der Waals surface area contributed by atoms with E-state index in [0.717, 1.165) is 35.8 Å². The van der Waals surface area contributed by atoms with Crippen molar-refractivity contribution < 1.29 is 4.79 Å². The van der Waals surface area contributed by atoms with Gasteiger partial charge in [0.2, 0.25) is 0 Å².